The Labute approximate surface area is 134 Å². The summed E-state index contributed by atoms with van der Waals surface area (Å²) in [5.41, 5.74) is 8.50. The van der Waals surface area contributed by atoms with Crippen molar-refractivity contribution in [2.75, 3.05) is 6.54 Å². The van der Waals surface area contributed by atoms with Gasteiger partial charge in [-0.1, -0.05) is 30.7 Å². The molecule has 0 aliphatic heterocycles. The van der Waals surface area contributed by atoms with Crippen LogP contribution in [0.15, 0.2) is 24.3 Å². The Morgan fingerprint density at radius 1 is 1.33 bits per heavy atom. The summed E-state index contributed by atoms with van der Waals surface area (Å²) in [5.74, 6) is 0.730. The van der Waals surface area contributed by atoms with Gasteiger partial charge in [-0.15, -0.1) is 12.4 Å². The Morgan fingerprint density at radius 2 is 2.10 bits per heavy atom. The highest BCUT2D eigenvalue weighted by Crippen LogP contribution is 2.22. The van der Waals surface area contributed by atoms with E-state index in [-0.39, 0.29) is 18.3 Å². The summed E-state index contributed by atoms with van der Waals surface area (Å²) < 4.78 is 0. The summed E-state index contributed by atoms with van der Waals surface area (Å²) in [6.45, 7) is 2.89. The normalized spacial score (nSPS) is 21.4. The molecule has 0 radical (unpaired) electrons. The van der Waals surface area contributed by atoms with E-state index in [2.05, 4.69) is 24.4 Å². The lowest BCUT2D eigenvalue weighted by atomic mass is 9.86. The molecule has 0 aromatic heterocycles. The summed E-state index contributed by atoms with van der Waals surface area (Å²) in [7, 11) is 0. The Hall–Kier alpha value is -1.06. The van der Waals surface area contributed by atoms with E-state index in [0.717, 1.165) is 25.8 Å². The lowest BCUT2D eigenvalue weighted by molar-refractivity contribution is -0.121. The number of amides is 1. The quantitative estimate of drug-likeness (QED) is 0.878. The molecule has 4 heteroatoms. The van der Waals surface area contributed by atoms with Crippen LogP contribution in [-0.4, -0.2) is 18.5 Å². The Balaban J connectivity index is 0.00000220. The second-order valence-electron chi connectivity index (χ2n) is 6.02. The Bertz CT molecular complexity index is 450. The number of hydrogen-bond donors (Lipinski definition) is 2. The first-order valence-corrected chi connectivity index (χ1v) is 7.72. The van der Waals surface area contributed by atoms with Crippen molar-refractivity contribution in [2.45, 2.75) is 51.5 Å². The van der Waals surface area contributed by atoms with Gasteiger partial charge in [-0.2, -0.15) is 0 Å². The SMILES string of the molecule is Cc1ccccc1CCC(=O)NCC1CCCC(N)C1.Cl. The van der Waals surface area contributed by atoms with Gasteiger partial charge in [0.15, 0.2) is 0 Å². The maximum atomic E-state index is 11.9. The van der Waals surface area contributed by atoms with Crippen LogP contribution >= 0.6 is 12.4 Å². The number of rotatable bonds is 5. The monoisotopic (exact) mass is 310 g/mol. The first kappa shape index (κ1) is 18.0. The van der Waals surface area contributed by atoms with Gasteiger partial charge in [-0.3, -0.25) is 4.79 Å². The Kier molecular flexibility index (Phi) is 7.76. The molecule has 0 bridgehead atoms. The average Bonchev–Trinajstić information content (AvgIpc) is 2.44. The fourth-order valence-corrected chi connectivity index (χ4v) is 3.00. The van der Waals surface area contributed by atoms with Gasteiger partial charge in [0.1, 0.15) is 0 Å². The molecule has 1 aliphatic rings. The predicted octanol–water partition coefficient (Wildman–Crippen LogP) is 2.98. The van der Waals surface area contributed by atoms with Gasteiger partial charge < -0.3 is 11.1 Å². The third-order valence-corrected chi connectivity index (χ3v) is 4.29. The minimum absolute atomic E-state index is 0. The smallest absolute Gasteiger partial charge is 0.220 e. The highest BCUT2D eigenvalue weighted by molar-refractivity contribution is 5.85. The van der Waals surface area contributed by atoms with Crippen molar-refractivity contribution >= 4 is 18.3 Å². The number of benzene rings is 1. The number of nitrogens with two attached hydrogens (primary N) is 1. The number of carbonyl (C=O) groups excluding carboxylic acids is 1. The fraction of sp³-hybridized carbons (Fsp3) is 0.588. The van der Waals surface area contributed by atoms with Gasteiger partial charge in [0.05, 0.1) is 0 Å². The Morgan fingerprint density at radius 3 is 2.81 bits per heavy atom. The topological polar surface area (TPSA) is 55.1 Å². The van der Waals surface area contributed by atoms with Crippen LogP contribution in [0.3, 0.4) is 0 Å². The predicted molar refractivity (Wildman–Crippen MR) is 89.7 cm³/mol. The molecule has 1 aliphatic carbocycles. The van der Waals surface area contributed by atoms with Crippen LogP contribution in [0.1, 0.15) is 43.2 Å². The molecule has 21 heavy (non-hydrogen) atoms. The molecule has 3 N–H and O–H groups in total. The lowest BCUT2D eigenvalue weighted by Crippen LogP contribution is -2.35. The van der Waals surface area contributed by atoms with Gasteiger partial charge in [-0.05, 0) is 49.7 Å². The zero-order valence-electron chi connectivity index (χ0n) is 12.8. The summed E-state index contributed by atoms with van der Waals surface area (Å²) >= 11 is 0. The molecule has 3 nitrogen and oxygen atoms in total. The molecule has 1 aromatic rings. The van der Waals surface area contributed by atoms with Crippen LogP contribution in [0.4, 0.5) is 0 Å². The third kappa shape index (κ3) is 6.06. The van der Waals surface area contributed by atoms with E-state index in [1.54, 1.807) is 0 Å². The number of hydrogen-bond acceptors (Lipinski definition) is 2. The van der Waals surface area contributed by atoms with E-state index < -0.39 is 0 Å². The van der Waals surface area contributed by atoms with Gasteiger partial charge in [0, 0.05) is 19.0 Å². The van der Waals surface area contributed by atoms with Crippen molar-refractivity contribution in [3.8, 4) is 0 Å². The second kappa shape index (κ2) is 9.06. The van der Waals surface area contributed by atoms with Crippen LogP contribution in [0.5, 0.6) is 0 Å². The molecule has 2 atom stereocenters. The largest absolute Gasteiger partial charge is 0.356 e. The van der Waals surface area contributed by atoms with Crippen LogP contribution in [0.25, 0.3) is 0 Å². The van der Waals surface area contributed by atoms with Crippen molar-refractivity contribution in [1.82, 2.24) is 5.32 Å². The summed E-state index contributed by atoms with van der Waals surface area (Å²) in [6.07, 6.45) is 5.98. The summed E-state index contributed by atoms with van der Waals surface area (Å²) in [5, 5.41) is 3.07. The van der Waals surface area contributed by atoms with Gasteiger partial charge >= 0.3 is 0 Å². The lowest BCUT2D eigenvalue weighted by Gasteiger charge is -2.26. The van der Waals surface area contributed by atoms with Crippen molar-refractivity contribution in [1.29, 1.82) is 0 Å². The van der Waals surface area contributed by atoms with Crippen molar-refractivity contribution in [3.05, 3.63) is 35.4 Å². The molecule has 0 saturated heterocycles. The van der Waals surface area contributed by atoms with Crippen molar-refractivity contribution < 1.29 is 4.79 Å². The molecule has 0 spiro atoms. The average molecular weight is 311 g/mol. The highest BCUT2D eigenvalue weighted by atomic mass is 35.5. The van der Waals surface area contributed by atoms with E-state index >= 15 is 0 Å². The molecule has 118 valence electrons. The molecular weight excluding hydrogens is 284 g/mol. The van der Waals surface area contributed by atoms with Gasteiger partial charge in [-0.25, -0.2) is 0 Å². The minimum Gasteiger partial charge on any atom is -0.356 e. The fourth-order valence-electron chi connectivity index (χ4n) is 3.00. The standard InChI is InChI=1S/C17H26N2O.ClH/c1-13-5-2-3-7-15(13)9-10-17(20)19-12-14-6-4-8-16(18)11-14;/h2-3,5,7,14,16H,4,6,8-12,18H2,1H3,(H,19,20);1H. The maximum absolute atomic E-state index is 11.9. The number of nitrogens with one attached hydrogen (secondary N) is 1. The first-order valence-electron chi connectivity index (χ1n) is 7.72. The van der Waals surface area contributed by atoms with Crippen molar-refractivity contribution in [3.63, 3.8) is 0 Å². The maximum Gasteiger partial charge on any atom is 0.220 e. The zero-order valence-corrected chi connectivity index (χ0v) is 13.6. The zero-order chi connectivity index (χ0) is 14.4. The van der Waals surface area contributed by atoms with Crippen molar-refractivity contribution in [2.24, 2.45) is 11.7 Å². The summed E-state index contributed by atoms with van der Waals surface area (Å²) in [6, 6.07) is 8.59. The molecule has 1 aromatic carbocycles. The molecule has 1 saturated carbocycles. The molecule has 1 fully saturated rings. The second-order valence-corrected chi connectivity index (χ2v) is 6.02. The number of aryl methyl sites for hydroxylation is 2. The van der Waals surface area contributed by atoms with Crippen LogP contribution in [-0.2, 0) is 11.2 Å². The van der Waals surface area contributed by atoms with Crippen LogP contribution < -0.4 is 11.1 Å². The van der Waals surface area contributed by atoms with Crippen LogP contribution in [0.2, 0.25) is 0 Å². The first-order chi connectivity index (χ1) is 9.65. The molecular formula is C17H27ClN2O. The number of carbonyl (C=O) groups is 1. The highest BCUT2D eigenvalue weighted by Gasteiger charge is 2.19. The van der Waals surface area contributed by atoms with Gasteiger partial charge in [0.25, 0.3) is 0 Å². The molecule has 2 unspecified atom stereocenters. The van der Waals surface area contributed by atoms with E-state index in [1.165, 1.54) is 24.0 Å². The molecule has 2 rings (SSSR count). The minimum atomic E-state index is 0. The van der Waals surface area contributed by atoms with E-state index in [9.17, 15) is 4.79 Å². The van der Waals surface area contributed by atoms with E-state index in [1.807, 2.05) is 12.1 Å². The van der Waals surface area contributed by atoms with E-state index in [4.69, 9.17) is 5.73 Å². The molecule has 0 heterocycles. The van der Waals surface area contributed by atoms with E-state index in [0.29, 0.717) is 18.4 Å². The number of halogens is 1. The van der Waals surface area contributed by atoms with Gasteiger partial charge in [0.2, 0.25) is 5.91 Å². The molecule has 1 amide bonds. The summed E-state index contributed by atoms with van der Waals surface area (Å²) in [4.78, 5) is 11.9. The third-order valence-electron chi connectivity index (χ3n) is 4.29. The van der Waals surface area contributed by atoms with Crippen LogP contribution in [0, 0.1) is 12.8 Å².